The summed E-state index contributed by atoms with van der Waals surface area (Å²) in [4.78, 5) is 14.7. The molecule has 0 aliphatic rings. The molecule has 0 bridgehead atoms. The third-order valence-electron chi connectivity index (χ3n) is 11.3. The number of fused-ring (bicyclic) bond motifs is 13. The van der Waals surface area contributed by atoms with E-state index in [4.69, 9.17) is 14.4 Å². The minimum absolute atomic E-state index is 0.895. The van der Waals surface area contributed by atoms with Crippen LogP contribution in [0.5, 0.6) is 0 Å². The molecule has 4 heterocycles. The lowest BCUT2D eigenvalue weighted by Crippen LogP contribution is -1.91. The van der Waals surface area contributed by atoms with E-state index in [-0.39, 0.29) is 0 Å². The monoisotopic (exact) mass is 699 g/mol. The average molecular weight is 700 g/mol. The predicted molar refractivity (Wildman–Crippen MR) is 228 cm³/mol. The molecule has 0 aliphatic carbocycles. The number of aromatic nitrogens is 3. The smallest absolute Gasteiger partial charge is 0.144 e. The van der Waals surface area contributed by atoms with Gasteiger partial charge in [-0.3, -0.25) is 9.97 Å². The Morgan fingerprint density at radius 3 is 2.07 bits per heavy atom. The Bertz CT molecular complexity index is 3560. The number of hydrogen-bond acceptors (Lipinski definition) is 4. The highest BCUT2D eigenvalue weighted by molar-refractivity contribution is 6.24. The van der Waals surface area contributed by atoms with Crippen LogP contribution >= 0.6 is 0 Å². The van der Waals surface area contributed by atoms with Crippen molar-refractivity contribution < 1.29 is 4.42 Å². The fraction of sp³-hybridized carbons (Fsp3) is 0. The summed E-state index contributed by atoms with van der Waals surface area (Å²) in [7, 11) is 0. The van der Waals surface area contributed by atoms with E-state index in [1.165, 1.54) is 21.5 Å². The van der Waals surface area contributed by atoms with Crippen LogP contribution in [0.15, 0.2) is 181 Å². The maximum absolute atomic E-state index is 6.57. The number of pyridine rings is 3. The van der Waals surface area contributed by atoms with Gasteiger partial charge in [-0.2, -0.15) is 0 Å². The maximum Gasteiger partial charge on any atom is 0.144 e. The summed E-state index contributed by atoms with van der Waals surface area (Å²) in [6.07, 6.45) is 3.68. The molecule has 0 fully saturated rings. The van der Waals surface area contributed by atoms with Crippen LogP contribution in [-0.4, -0.2) is 15.0 Å². The molecule has 12 aromatic rings. The van der Waals surface area contributed by atoms with Gasteiger partial charge in [0.25, 0.3) is 0 Å². The predicted octanol–water partition coefficient (Wildman–Crippen LogP) is 13.7. The van der Waals surface area contributed by atoms with Gasteiger partial charge in [-0.1, -0.05) is 109 Å². The van der Waals surface area contributed by atoms with Gasteiger partial charge in [0, 0.05) is 55.7 Å². The number of nitrogens with zero attached hydrogens (tertiary/aromatic N) is 3. The first-order valence-corrected chi connectivity index (χ1v) is 18.6. The van der Waals surface area contributed by atoms with Gasteiger partial charge in [0.2, 0.25) is 0 Å². The van der Waals surface area contributed by atoms with E-state index in [0.29, 0.717) is 0 Å². The summed E-state index contributed by atoms with van der Waals surface area (Å²) in [5.41, 5.74) is 11.2. The molecule has 254 valence electrons. The topological polar surface area (TPSA) is 51.8 Å². The van der Waals surface area contributed by atoms with Gasteiger partial charge in [0.15, 0.2) is 0 Å². The van der Waals surface area contributed by atoms with E-state index in [0.717, 1.165) is 98.9 Å². The number of para-hydroxylation sites is 2. The van der Waals surface area contributed by atoms with Gasteiger partial charge in [0.05, 0.1) is 22.2 Å². The van der Waals surface area contributed by atoms with Crippen molar-refractivity contribution in [2.45, 2.75) is 0 Å². The molecule has 0 N–H and O–H groups in total. The molecule has 0 unspecified atom stereocenters. The number of hydrogen-bond donors (Lipinski definition) is 0. The van der Waals surface area contributed by atoms with Crippen LogP contribution in [0.4, 0.5) is 0 Å². The maximum atomic E-state index is 6.57. The van der Waals surface area contributed by atoms with Crippen LogP contribution in [0, 0.1) is 0 Å². The van der Waals surface area contributed by atoms with Crippen LogP contribution in [-0.2, 0) is 0 Å². The molecule has 0 spiro atoms. The third-order valence-corrected chi connectivity index (χ3v) is 11.3. The molecule has 55 heavy (non-hydrogen) atoms. The first-order valence-electron chi connectivity index (χ1n) is 18.6. The summed E-state index contributed by atoms with van der Waals surface area (Å²) in [5.74, 6) is 0. The molecule has 8 aromatic carbocycles. The van der Waals surface area contributed by atoms with Crippen molar-refractivity contribution in [1.29, 1.82) is 0 Å². The molecule has 12 rings (SSSR count). The molecular formula is C51H29N3O. The van der Waals surface area contributed by atoms with Crippen molar-refractivity contribution in [1.82, 2.24) is 15.0 Å². The molecule has 4 aromatic heterocycles. The van der Waals surface area contributed by atoms with E-state index in [9.17, 15) is 0 Å². The SMILES string of the molecule is c1cc(-c2ccc3ccc4cc(-c5cc6cccnc6c6ncccc56)ccc4c3c2)cc(-c2nc3ccccc3c3c2ccc2c4ccccc4oc23)c1. The van der Waals surface area contributed by atoms with Gasteiger partial charge in [-0.25, -0.2) is 4.98 Å². The largest absolute Gasteiger partial charge is 0.455 e. The van der Waals surface area contributed by atoms with Crippen molar-refractivity contribution in [3.8, 4) is 33.5 Å². The van der Waals surface area contributed by atoms with Crippen LogP contribution in [0.3, 0.4) is 0 Å². The standard InChI is InChI=1S/C51H29N3O/c1-3-14-45-41(12-1)47-42(23-22-40-38-11-2-4-15-46(38)55-51(40)47)48(54-45)35-9-5-8-31(26-35)32-18-16-30-17-19-33-27-34(20-21-37(33)43(30)28-32)44-29-36-10-6-24-52-49(36)50-39(44)13-7-25-53-50/h1-29H. The first-order chi connectivity index (χ1) is 27.2. The highest BCUT2D eigenvalue weighted by atomic mass is 16.3. The van der Waals surface area contributed by atoms with Gasteiger partial charge in [0.1, 0.15) is 11.2 Å². The summed E-state index contributed by atoms with van der Waals surface area (Å²) < 4.78 is 6.57. The highest BCUT2D eigenvalue weighted by Crippen LogP contribution is 2.42. The zero-order chi connectivity index (χ0) is 36.0. The fourth-order valence-corrected chi connectivity index (χ4v) is 8.71. The average Bonchev–Trinajstić information content (AvgIpc) is 3.64. The van der Waals surface area contributed by atoms with E-state index in [1.54, 1.807) is 0 Å². The molecular weight excluding hydrogens is 671 g/mol. The van der Waals surface area contributed by atoms with Crippen LogP contribution in [0.2, 0.25) is 0 Å². The Hall–Kier alpha value is -7.43. The number of rotatable bonds is 3. The summed E-state index contributed by atoms with van der Waals surface area (Å²) in [5, 5.41) is 12.6. The molecule has 0 saturated carbocycles. The first kappa shape index (κ1) is 30.1. The Morgan fingerprint density at radius 1 is 0.382 bits per heavy atom. The molecule has 0 aliphatic heterocycles. The third kappa shape index (κ3) is 4.55. The van der Waals surface area contributed by atoms with Crippen LogP contribution in [0.25, 0.3) is 120 Å². The van der Waals surface area contributed by atoms with Crippen molar-refractivity contribution in [3.63, 3.8) is 0 Å². The Labute approximate surface area is 315 Å². The van der Waals surface area contributed by atoms with Crippen molar-refractivity contribution >= 4 is 87.0 Å². The van der Waals surface area contributed by atoms with E-state index in [2.05, 4.69) is 145 Å². The molecule has 0 amide bonds. The second-order valence-electron chi connectivity index (χ2n) is 14.4. The van der Waals surface area contributed by atoms with E-state index < -0.39 is 0 Å². The quantitative estimate of drug-likeness (QED) is 0.172. The Kier molecular flexibility index (Phi) is 6.31. The molecule has 0 saturated heterocycles. The fourth-order valence-electron chi connectivity index (χ4n) is 8.71. The second-order valence-corrected chi connectivity index (χ2v) is 14.4. The lowest BCUT2D eigenvalue weighted by atomic mass is 9.92. The summed E-state index contributed by atoms with van der Waals surface area (Å²) in [6, 6.07) is 58.4. The normalized spacial score (nSPS) is 12.0. The van der Waals surface area contributed by atoms with Crippen LogP contribution < -0.4 is 0 Å². The zero-order valence-corrected chi connectivity index (χ0v) is 29.5. The lowest BCUT2D eigenvalue weighted by Gasteiger charge is -2.13. The minimum atomic E-state index is 0.895. The molecule has 0 radical (unpaired) electrons. The van der Waals surface area contributed by atoms with Crippen molar-refractivity contribution in [3.05, 3.63) is 176 Å². The highest BCUT2D eigenvalue weighted by Gasteiger charge is 2.18. The Balaban J connectivity index is 1.00. The zero-order valence-electron chi connectivity index (χ0n) is 29.5. The van der Waals surface area contributed by atoms with E-state index in [1.807, 2.05) is 36.7 Å². The second kappa shape index (κ2) is 11.5. The van der Waals surface area contributed by atoms with Gasteiger partial charge in [-0.05, 0) is 98.4 Å². The number of furan rings is 1. The van der Waals surface area contributed by atoms with Crippen LogP contribution in [0.1, 0.15) is 0 Å². The van der Waals surface area contributed by atoms with Crippen molar-refractivity contribution in [2.24, 2.45) is 0 Å². The number of benzene rings is 8. The van der Waals surface area contributed by atoms with Gasteiger partial charge >= 0.3 is 0 Å². The van der Waals surface area contributed by atoms with Crippen molar-refractivity contribution in [2.75, 3.05) is 0 Å². The van der Waals surface area contributed by atoms with Gasteiger partial charge < -0.3 is 4.42 Å². The summed E-state index contributed by atoms with van der Waals surface area (Å²) in [6.45, 7) is 0. The minimum Gasteiger partial charge on any atom is -0.455 e. The molecule has 0 atom stereocenters. The lowest BCUT2D eigenvalue weighted by molar-refractivity contribution is 0.673. The summed E-state index contributed by atoms with van der Waals surface area (Å²) >= 11 is 0. The molecule has 4 heteroatoms. The van der Waals surface area contributed by atoms with E-state index >= 15 is 0 Å². The molecule has 4 nitrogen and oxygen atoms in total. The Morgan fingerprint density at radius 2 is 1.11 bits per heavy atom. The van der Waals surface area contributed by atoms with Gasteiger partial charge in [-0.15, -0.1) is 0 Å².